The zero-order chi connectivity index (χ0) is 16.7. The highest BCUT2D eigenvalue weighted by molar-refractivity contribution is 6.06. The average molecular weight is 313 g/mol. The number of methoxy groups -OCH3 is 1. The average Bonchev–Trinajstić information content (AvgIpc) is 2.61. The van der Waals surface area contributed by atoms with Gasteiger partial charge in [-0.1, -0.05) is 18.2 Å². The van der Waals surface area contributed by atoms with E-state index in [-0.39, 0.29) is 17.5 Å². The molecule has 1 heterocycles. The molecule has 120 valence electrons. The number of para-hydroxylation sites is 1. The molecule has 0 spiro atoms. The normalized spacial score (nSPS) is 10.2. The number of amides is 2. The van der Waals surface area contributed by atoms with Crippen molar-refractivity contribution < 1.29 is 14.3 Å². The summed E-state index contributed by atoms with van der Waals surface area (Å²) in [5.74, 6) is -0.538. The number of anilines is 1. The molecular weight excluding hydrogens is 294 g/mol. The van der Waals surface area contributed by atoms with Gasteiger partial charge in [0.05, 0.1) is 6.61 Å². The van der Waals surface area contributed by atoms with E-state index in [2.05, 4.69) is 10.3 Å². The minimum absolute atomic E-state index is 0.202. The van der Waals surface area contributed by atoms with Gasteiger partial charge < -0.3 is 15.0 Å². The number of carbonyl (C=O) groups is 2. The molecule has 1 N–H and O–H groups in total. The number of benzene rings is 1. The van der Waals surface area contributed by atoms with Crippen LogP contribution in [-0.4, -0.2) is 44.1 Å². The van der Waals surface area contributed by atoms with Gasteiger partial charge in [0, 0.05) is 38.1 Å². The van der Waals surface area contributed by atoms with Crippen molar-refractivity contribution in [2.45, 2.75) is 0 Å². The number of rotatable bonds is 6. The second-order valence-corrected chi connectivity index (χ2v) is 4.88. The lowest BCUT2D eigenvalue weighted by molar-refractivity contribution is 0.0932. The van der Waals surface area contributed by atoms with E-state index < -0.39 is 0 Å². The molecule has 0 radical (unpaired) electrons. The number of hydrogen-bond acceptors (Lipinski definition) is 4. The Morgan fingerprint density at radius 1 is 1.22 bits per heavy atom. The van der Waals surface area contributed by atoms with E-state index in [1.54, 1.807) is 20.2 Å². The number of nitrogens with zero attached hydrogens (tertiary/aromatic N) is 2. The maximum absolute atomic E-state index is 12.5. The molecule has 0 fully saturated rings. The quantitative estimate of drug-likeness (QED) is 0.825. The summed E-state index contributed by atoms with van der Waals surface area (Å²) in [5.41, 5.74) is 1.39. The molecular formula is C17H19N3O3. The van der Waals surface area contributed by atoms with Crippen LogP contribution in [0.4, 0.5) is 5.69 Å². The highest BCUT2D eigenvalue weighted by Gasteiger charge is 2.16. The van der Waals surface area contributed by atoms with Crippen molar-refractivity contribution in [1.29, 1.82) is 0 Å². The van der Waals surface area contributed by atoms with E-state index in [1.165, 1.54) is 17.2 Å². The van der Waals surface area contributed by atoms with Gasteiger partial charge in [-0.3, -0.25) is 14.6 Å². The number of pyridine rings is 1. The first kappa shape index (κ1) is 16.6. The number of aromatic nitrogens is 1. The Bertz CT molecular complexity index is 674. The monoisotopic (exact) mass is 313 g/mol. The Labute approximate surface area is 135 Å². The lowest BCUT2D eigenvalue weighted by Crippen LogP contribution is -2.29. The van der Waals surface area contributed by atoms with Crippen LogP contribution in [0.1, 0.15) is 20.8 Å². The van der Waals surface area contributed by atoms with Crippen molar-refractivity contribution in [2.24, 2.45) is 0 Å². The molecule has 0 unspecified atom stereocenters. The molecule has 0 bridgehead atoms. The van der Waals surface area contributed by atoms with Gasteiger partial charge in [-0.2, -0.15) is 0 Å². The number of carbonyl (C=O) groups excluding carboxylic acids is 2. The lowest BCUT2D eigenvalue weighted by Gasteiger charge is -2.17. The minimum atomic E-state index is -0.334. The van der Waals surface area contributed by atoms with Crippen LogP contribution < -0.4 is 10.2 Å². The molecule has 0 atom stereocenters. The summed E-state index contributed by atoms with van der Waals surface area (Å²) in [4.78, 5) is 30.0. The SMILES string of the molecule is COCCNC(=O)c1cc(C(=O)N(C)c2ccccc2)ccn1. The fourth-order valence-corrected chi connectivity index (χ4v) is 2.01. The molecule has 2 aromatic rings. The minimum Gasteiger partial charge on any atom is -0.383 e. The van der Waals surface area contributed by atoms with Crippen molar-refractivity contribution in [3.63, 3.8) is 0 Å². The highest BCUT2D eigenvalue weighted by atomic mass is 16.5. The van der Waals surface area contributed by atoms with Gasteiger partial charge in [-0.15, -0.1) is 0 Å². The summed E-state index contributed by atoms with van der Waals surface area (Å²) in [6.07, 6.45) is 1.46. The molecule has 0 aliphatic rings. The maximum Gasteiger partial charge on any atom is 0.269 e. The fraction of sp³-hybridized carbons (Fsp3) is 0.235. The van der Waals surface area contributed by atoms with Crippen LogP contribution in [0.3, 0.4) is 0 Å². The van der Waals surface area contributed by atoms with Crippen LogP contribution in [0.2, 0.25) is 0 Å². The first-order chi connectivity index (χ1) is 11.1. The summed E-state index contributed by atoms with van der Waals surface area (Å²) >= 11 is 0. The summed E-state index contributed by atoms with van der Waals surface area (Å²) in [6, 6.07) is 12.4. The van der Waals surface area contributed by atoms with Crippen LogP contribution in [-0.2, 0) is 4.74 Å². The second-order valence-electron chi connectivity index (χ2n) is 4.88. The molecule has 1 aromatic heterocycles. The summed E-state index contributed by atoms with van der Waals surface area (Å²) in [7, 11) is 3.25. The molecule has 23 heavy (non-hydrogen) atoms. The second kappa shape index (κ2) is 8.05. The van der Waals surface area contributed by atoms with Gasteiger partial charge in [0.1, 0.15) is 5.69 Å². The van der Waals surface area contributed by atoms with Gasteiger partial charge in [0.15, 0.2) is 0 Å². The highest BCUT2D eigenvalue weighted by Crippen LogP contribution is 2.15. The van der Waals surface area contributed by atoms with E-state index in [1.807, 2.05) is 30.3 Å². The summed E-state index contributed by atoms with van der Waals surface area (Å²) < 4.78 is 4.87. The van der Waals surface area contributed by atoms with Crippen molar-refractivity contribution in [3.05, 3.63) is 59.9 Å². The zero-order valence-corrected chi connectivity index (χ0v) is 13.2. The third-order valence-electron chi connectivity index (χ3n) is 3.28. The first-order valence-corrected chi connectivity index (χ1v) is 7.20. The Morgan fingerprint density at radius 3 is 2.65 bits per heavy atom. The van der Waals surface area contributed by atoms with Crippen molar-refractivity contribution >= 4 is 17.5 Å². The van der Waals surface area contributed by atoms with Gasteiger partial charge in [-0.05, 0) is 24.3 Å². The largest absolute Gasteiger partial charge is 0.383 e. The van der Waals surface area contributed by atoms with Crippen molar-refractivity contribution in [1.82, 2.24) is 10.3 Å². The molecule has 1 aromatic carbocycles. The van der Waals surface area contributed by atoms with Crippen LogP contribution >= 0.6 is 0 Å². The Balaban J connectivity index is 2.12. The van der Waals surface area contributed by atoms with Gasteiger partial charge in [0.25, 0.3) is 11.8 Å². The molecule has 2 rings (SSSR count). The number of hydrogen-bond donors (Lipinski definition) is 1. The van der Waals surface area contributed by atoms with E-state index in [4.69, 9.17) is 4.74 Å². The third kappa shape index (κ3) is 4.37. The molecule has 2 amide bonds. The standard InChI is InChI=1S/C17H19N3O3/c1-20(14-6-4-3-5-7-14)17(22)13-8-9-18-15(12-13)16(21)19-10-11-23-2/h3-9,12H,10-11H2,1-2H3,(H,19,21). The fourth-order valence-electron chi connectivity index (χ4n) is 2.01. The Kier molecular flexibility index (Phi) is 5.82. The predicted molar refractivity (Wildman–Crippen MR) is 87.6 cm³/mol. The number of nitrogens with one attached hydrogen (secondary N) is 1. The van der Waals surface area contributed by atoms with Crippen LogP contribution in [0.25, 0.3) is 0 Å². The van der Waals surface area contributed by atoms with Gasteiger partial charge in [0.2, 0.25) is 0 Å². The van der Waals surface area contributed by atoms with Gasteiger partial charge >= 0.3 is 0 Å². The third-order valence-corrected chi connectivity index (χ3v) is 3.28. The smallest absolute Gasteiger partial charge is 0.269 e. The zero-order valence-electron chi connectivity index (χ0n) is 13.2. The number of ether oxygens (including phenoxy) is 1. The molecule has 6 heteroatoms. The van der Waals surface area contributed by atoms with E-state index in [9.17, 15) is 9.59 Å². The van der Waals surface area contributed by atoms with E-state index in [0.717, 1.165) is 5.69 Å². The van der Waals surface area contributed by atoms with E-state index in [0.29, 0.717) is 18.7 Å². The molecule has 6 nitrogen and oxygen atoms in total. The van der Waals surface area contributed by atoms with Crippen LogP contribution in [0.15, 0.2) is 48.7 Å². The van der Waals surface area contributed by atoms with Crippen molar-refractivity contribution in [3.8, 4) is 0 Å². The topological polar surface area (TPSA) is 71.5 Å². The maximum atomic E-state index is 12.5. The summed E-state index contributed by atoms with van der Waals surface area (Å²) in [6.45, 7) is 0.806. The molecule has 0 saturated heterocycles. The van der Waals surface area contributed by atoms with E-state index >= 15 is 0 Å². The summed E-state index contributed by atoms with van der Waals surface area (Å²) in [5, 5.41) is 2.68. The van der Waals surface area contributed by atoms with Crippen molar-refractivity contribution in [2.75, 3.05) is 32.2 Å². The first-order valence-electron chi connectivity index (χ1n) is 7.20. The van der Waals surface area contributed by atoms with Gasteiger partial charge in [-0.25, -0.2) is 0 Å². The lowest BCUT2D eigenvalue weighted by atomic mass is 10.2. The molecule has 0 aliphatic heterocycles. The molecule has 0 aliphatic carbocycles. The Morgan fingerprint density at radius 2 is 1.96 bits per heavy atom. The van der Waals surface area contributed by atoms with Crippen LogP contribution in [0.5, 0.6) is 0 Å². The predicted octanol–water partition coefficient (Wildman–Crippen LogP) is 1.73. The van der Waals surface area contributed by atoms with Crippen LogP contribution in [0, 0.1) is 0 Å². The Hall–Kier alpha value is -2.73. The molecule has 0 saturated carbocycles.